The molecule has 1 aromatic heterocycles. The van der Waals surface area contributed by atoms with Crippen molar-refractivity contribution in [2.24, 2.45) is 0 Å². The van der Waals surface area contributed by atoms with Gasteiger partial charge in [-0.3, -0.25) is 0 Å². The monoisotopic (exact) mass is 338 g/mol. The number of pyridine rings is 1. The molecule has 0 fully saturated rings. The number of hydrogen-bond donors (Lipinski definition) is 0. The summed E-state index contributed by atoms with van der Waals surface area (Å²) in [6, 6.07) is 12.4. The van der Waals surface area contributed by atoms with Crippen molar-refractivity contribution in [3.8, 4) is 0 Å². The minimum absolute atomic E-state index is 0.515. The fourth-order valence-electron chi connectivity index (χ4n) is 1.98. The molecule has 0 saturated heterocycles. The van der Waals surface area contributed by atoms with Gasteiger partial charge in [0.15, 0.2) is 0 Å². The van der Waals surface area contributed by atoms with Gasteiger partial charge < -0.3 is 4.90 Å². The lowest BCUT2D eigenvalue weighted by Crippen LogP contribution is -2.18. The van der Waals surface area contributed by atoms with Crippen LogP contribution in [-0.4, -0.2) is 12.0 Å². The normalized spacial score (nSPS) is 10.5. The molecule has 19 heavy (non-hydrogen) atoms. The fourth-order valence-corrected chi connectivity index (χ4v) is 2.58. The molecular weight excluding hydrogens is 324 g/mol. The zero-order valence-corrected chi connectivity index (χ0v) is 13.4. The zero-order chi connectivity index (χ0) is 13.8. The van der Waals surface area contributed by atoms with E-state index in [0.29, 0.717) is 5.88 Å². The summed E-state index contributed by atoms with van der Waals surface area (Å²) in [5, 5.41) is 0. The van der Waals surface area contributed by atoms with Gasteiger partial charge >= 0.3 is 0 Å². The fraction of sp³-hybridized carbons (Fsp3) is 0.267. The SMILES string of the molecule is Cc1cc(CCl)cc(N(C)Cc2cccc(Br)c2)n1. The van der Waals surface area contributed by atoms with Gasteiger partial charge in [0.1, 0.15) is 5.82 Å². The second kappa shape index (κ2) is 6.40. The van der Waals surface area contributed by atoms with Gasteiger partial charge in [-0.2, -0.15) is 0 Å². The van der Waals surface area contributed by atoms with Crippen molar-refractivity contribution in [1.29, 1.82) is 0 Å². The van der Waals surface area contributed by atoms with Crippen LogP contribution in [0.5, 0.6) is 0 Å². The number of anilines is 1. The Balaban J connectivity index is 2.20. The molecule has 4 heteroatoms. The van der Waals surface area contributed by atoms with E-state index in [2.05, 4.69) is 37.9 Å². The Morgan fingerprint density at radius 1 is 1.21 bits per heavy atom. The Labute approximate surface area is 127 Å². The number of rotatable bonds is 4. The summed E-state index contributed by atoms with van der Waals surface area (Å²) in [6.45, 7) is 2.81. The highest BCUT2D eigenvalue weighted by molar-refractivity contribution is 9.10. The van der Waals surface area contributed by atoms with E-state index in [0.717, 1.165) is 28.1 Å². The number of hydrogen-bond acceptors (Lipinski definition) is 2. The van der Waals surface area contributed by atoms with Crippen LogP contribution in [0, 0.1) is 6.92 Å². The van der Waals surface area contributed by atoms with Crippen LogP contribution in [0.15, 0.2) is 40.9 Å². The highest BCUT2D eigenvalue weighted by Crippen LogP contribution is 2.19. The second-order valence-corrected chi connectivity index (χ2v) is 5.78. The maximum Gasteiger partial charge on any atom is 0.129 e. The first kappa shape index (κ1) is 14.4. The van der Waals surface area contributed by atoms with E-state index in [9.17, 15) is 0 Å². The summed E-state index contributed by atoms with van der Waals surface area (Å²) in [6.07, 6.45) is 0. The van der Waals surface area contributed by atoms with E-state index in [1.807, 2.05) is 38.2 Å². The van der Waals surface area contributed by atoms with Crippen LogP contribution in [0.25, 0.3) is 0 Å². The molecule has 0 N–H and O–H groups in total. The van der Waals surface area contributed by atoms with Crippen LogP contribution in [0.2, 0.25) is 0 Å². The van der Waals surface area contributed by atoms with Crippen molar-refractivity contribution in [2.45, 2.75) is 19.3 Å². The summed E-state index contributed by atoms with van der Waals surface area (Å²) in [5.74, 6) is 1.47. The van der Waals surface area contributed by atoms with E-state index in [4.69, 9.17) is 11.6 Å². The smallest absolute Gasteiger partial charge is 0.129 e. The van der Waals surface area contributed by atoms with Crippen LogP contribution in [0.4, 0.5) is 5.82 Å². The molecule has 0 aliphatic carbocycles. The summed E-state index contributed by atoms with van der Waals surface area (Å²) in [4.78, 5) is 6.69. The van der Waals surface area contributed by atoms with Gasteiger partial charge in [0.25, 0.3) is 0 Å². The summed E-state index contributed by atoms with van der Waals surface area (Å²) < 4.78 is 1.09. The van der Waals surface area contributed by atoms with E-state index in [1.54, 1.807) is 0 Å². The van der Waals surface area contributed by atoms with Crippen LogP contribution < -0.4 is 4.90 Å². The van der Waals surface area contributed by atoms with Gasteiger partial charge in [0.2, 0.25) is 0 Å². The van der Waals surface area contributed by atoms with E-state index in [-0.39, 0.29) is 0 Å². The average molecular weight is 340 g/mol. The Bertz CT molecular complexity index is 572. The first-order chi connectivity index (χ1) is 9.08. The molecule has 0 aliphatic heterocycles. The molecule has 100 valence electrons. The lowest BCUT2D eigenvalue weighted by molar-refractivity contribution is 0.889. The van der Waals surface area contributed by atoms with Gasteiger partial charge in [-0.15, -0.1) is 11.6 Å². The highest BCUT2D eigenvalue weighted by Gasteiger charge is 2.06. The largest absolute Gasteiger partial charge is 0.355 e. The molecule has 0 unspecified atom stereocenters. The molecule has 0 amide bonds. The third-order valence-electron chi connectivity index (χ3n) is 2.85. The number of nitrogens with zero attached hydrogens (tertiary/aromatic N) is 2. The molecule has 1 aromatic carbocycles. The van der Waals surface area contributed by atoms with Crippen LogP contribution in [-0.2, 0) is 12.4 Å². The quantitative estimate of drug-likeness (QED) is 0.761. The van der Waals surface area contributed by atoms with E-state index in [1.165, 1.54) is 5.56 Å². The molecule has 2 rings (SSSR count). The van der Waals surface area contributed by atoms with Crippen molar-refractivity contribution in [1.82, 2.24) is 4.98 Å². The Kier molecular flexibility index (Phi) is 4.83. The van der Waals surface area contributed by atoms with Crippen LogP contribution in [0.3, 0.4) is 0 Å². The average Bonchev–Trinajstić information content (AvgIpc) is 2.38. The predicted octanol–water partition coefficient (Wildman–Crippen LogP) is 4.53. The van der Waals surface area contributed by atoms with Crippen molar-refractivity contribution >= 4 is 33.3 Å². The molecule has 0 saturated carbocycles. The standard InChI is InChI=1S/C15H16BrClN2/c1-11-6-13(9-17)8-15(18-11)19(2)10-12-4-3-5-14(16)7-12/h3-8H,9-10H2,1-2H3. The van der Waals surface area contributed by atoms with Crippen molar-refractivity contribution in [3.63, 3.8) is 0 Å². The third-order valence-corrected chi connectivity index (χ3v) is 3.66. The molecule has 0 radical (unpaired) electrons. The van der Waals surface area contributed by atoms with Gasteiger partial charge in [0, 0.05) is 29.6 Å². The molecule has 0 atom stereocenters. The zero-order valence-electron chi connectivity index (χ0n) is 11.0. The van der Waals surface area contributed by atoms with Gasteiger partial charge in [-0.05, 0) is 42.3 Å². The predicted molar refractivity (Wildman–Crippen MR) is 84.8 cm³/mol. The van der Waals surface area contributed by atoms with Crippen molar-refractivity contribution < 1.29 is 0 Å². The summed E-state index contributed by atoms with van der Waals surface area (Å²) in [5.41, 5.74) is 3.34. The van der Waals surface area contributed by atoms with Crippen molar-refractivity contribution in [2.75, 3.05) is 11.9 Å². The number of aryl methyl sites for hydroxylation is 1. The first-order valence-corrected chi connectivity index (χ1v) is 7.40. The minimum Gasteiger partial charge on any atom is -0.355 e. The molecule has 0 bridgehead atoms. The van der Waals surface area contributed by atoms with E-state index >= 15 is 0 Å². The summed E-state index contributed by atoms with van der Waals surface area (Å²) in [7, 11) is 2.04. The van der Waals surface area contributed by atoms with Crippen LogP contribution in [0.1, 0.15) is 16.8 Å². The molecule has 0 spiro atoms. The maximum absolute atomic E-state index is 5.90. The van der Waals surface area contributed by atoms with Gasteiger partial charge in [0.05, 0.1) is 0 Å². The molecule has 1 heterocycles. The lowest BCUT2D eigenvalue weighted by atomic mass is 10.2. The van der Waals surface area contributed by atoms with Gasteiger partial charge in [-0.25, -0.2) is 4.98 Å². The summed E-state index contributed by atoms with van der Waals surface area (Å²) >= 11 is 9.40. The minimum atomic E-state index is 0.515. The number of alkyl halides is 1. The highest BCUT2D eigenvalue weighted by atomic mass is 79.9. The molecule has 0 aliphatic rings. The Morgan fingerprint density at radius 3 is 2.68 bits per heavy atom. The number of aromatic nitrogens is 1. The number of benzene rings is 1. The lowest BCUT2D eigenvalue weighted by Gasteiger charge is -2.19. The molecule has 2 nitrogen and oxygen atoms in total. The maximum atomic E-state index is 5.90. The van der Waals surface area contributed by atoms with Crippen LogP contribution >= 0.6 is 27.5 Å². The topological polar surface area (TPSA) is 16.1 Å². The Hall–Kier alpha value is -1.06. The number of halogens is 2. The van der Waals surface area contributed by atoms with Crippen molar-refractivity contribution in [3.05, 3.63) is 57.7 Å². The van der Waals surface area contributed by atoms with Gasteiger partial charge in [-0.1, -0.05) is 28.1 Å². The molecule has 2 aromatic rings. The first-order valence-electron chi connectivity index (χ1n) is 6.07. The second-order valence-electron chi connectivity index (χ2n) is 4.59. The Morgan fingerprint density at radius 2 is 2.00 bits per heavy atom. The van der Waals surface area contributed by atoms with E-state index < -0.39 is 0 Å². The molecular formula is C15H16BrClN2. The third kappa shape index (κ3) is 3.95.